The number of hydrogen-bond acceptors (Lipinski definition) is 1. The van der Waals surface area contributed by atoms with Crippen LogP contribution in [0.2, 0.25) is 0 Å². The van der Waals surface area contributed by atoms with Crippen molar-refractivity contribution in [2.45, 2.75) is 6.92 Å². The van der Waals surface area contributed by atoms with Gasteiger partial charge in [-0.2, -0.15) is 0 Å². The second-order valence-corrected chi connectivity index (χ2v) is 4.14. The molecule has 0 fully saturated rings. The third-order valence-corrected chi connectivity index (χ3v) is 2.61. The van der Waals surface area contributed by atoms with Gasteiger partial charge in [0.25, 0.3) is 0 Å². The van der Waals surface area contributed by atoms with Gasteiger partial charge in [0, 0.05) is 12.2 Å². The molecule has 0 amide bonds. The predicted octanol–water partition coefficient (Wildman–Crippen LogP) is 3.56. The molecule has 1 N–H and O–H groups in total. The normalized spacial score (nSPS) is 10.0. The average Bonchev–Trinajstić information content (AvgIpc) is 2.10. The van der Waals surface area contributed by atoms with Gasteiger partial charge in [-0.15, -0.1) is 0 Å². The molecule has 0 heterocycles. The lowest BCUT2D eigenvalue weighted by molar-refractivity contribution is 0.571. The minimum absolute atomic E-state index is 0.0171. The number of halogens is 3. The first-order chi connectivity index (χ1) is 6.50. The van der Waals surface area contributed by atoms with Crippen LogP contribution in [0.5, 0.6) is 0 Å². The van der Waals surface area contributed by atoms with Crippen molar-refractivity contribution in [3.8, 4) is 0 Å². The van der Waals surface area contributed by atoms with E-state index in [2.05, 4.69) is 11.9 Å². The Balaban J connectivity index is 2.84. The van der Waals surface area contributed by atoms with Crippen LogP contribution in [0, 0.1) is 15.2 Å². The molecule has 1 aromatic carbocycles. The molecule has 0 aliphatic rings. The van der Waals surface area contributed by atoms with Gasteiger partial charge >= 0.3 is 0 Å². The lowest BCUT2D eigenvalue weighted by Gasteiger charge is -2.07. The molecule has 0 spiro atoms. The Morgan fingerprint density at radius 1 is 1.43 bits per heavy atom. The van der Waals surface area contributed by atoms with Gasteiger partial charge in [-0.1, -0.05) is 12.2 Å². The molecule has 1 rings (SSSR count). The van der Waals surface area contributed by atoms with Crippen molar-refractivity contribution >= 4 is 28.3 Å². The van der Waals surface area contributed by atoms with Gasteiger partial charge in [0.05, 0.1) is 3.57 Å². The Bertz CT molecular complexity index is 340. The molecular weight excluding hydrogens is 299 g/mol. The van der Waals surface area contributed by atoms with E-state index in [0.717, 1.165) is 5.57 Å². The first-order valence-electron chi connectivity index (χ1n) is 4.03. The summed E-state index contributed by atoms with van der Waals surface area (Å²) in [5.41, 5.74) is 1.34. The standard InChI is InChI=1S/C10H10F2IN/c1-6(2)5-14-7-3-8(11)10(13)9(12)4-7/h3-4,14H,1,5H2,2H3. The molecule has 1 nitrogen and oxygen atoms in total. The summed E-state index contributed by atoms with van der Waals surface area (Å²) in [6, 6.07) is 2.54. The highest BCUT2D eigenvalue weighted by molar-refractivity contribution is 14.1. The van der Waals surface area contributed by atoms with Gasteiger partial charge in [-0.3, -0.25) is 0 Å². The third-order valence-electron chi connectivity index (χ3n) is 1.58. The Hall–Kier alpha value is -0.650. The highest BCUT2D eigenvalue weighted by Crippen LogP contribution is 2.20. The van der Waals surface area contributed by atoms with Crippen LogP contribution in [0.15, 0.2) is 24.3 Å². The zero-order valence-electron chi connectivity index (χ0n) is 7.70. The summed E-state index contributed by atoms with van der Waals surface area (Å²) in [6.07, 6.45) is 0. The van der Waals surface area contributed by atoms with Gasteiger partial charge in [-0.05, 0) is 41.6 Å². The van der Waals surface area contributed by atoms with Crippen molar-refractivity contribution in [3.05, 3.63) is 39.5 Å². The predicted molar refractivity (Wildman–Crippen MR) is 62.4 cm³/mol. The summed E-state index contributed by atoms with van der Waals surface area (Å²) >= 11 is 1.63. The fourth-order valence-corrected chi connectivity index (χ4v) is 1.22. The maximum atomic E-state index is 13.1. The van der Waals surface area contributed by atoms with E-state index in [4.69, 9.17) is 0 Å². The van der Waals surface area contributed by atoms with E-state index in [-0.39, 0.29) is 3.57 Å². The number of rotatable bonds is 3. The van der Waals surface area contributed by atoms with Gasteiger partial charge in [0.15, 0.2) is 0 Å². The van der Waals surface area contributed by atoms with Gasteiger partial charge in [0.2, 0.25) is 0 Å². The molecular formula is C10H10F2IN. The topological polar surface area (TPSA) is 12.0 Å². The molecule has 0 aliphatic heterocycles. The quantitative estimate of drug-likeness (QED) is 0.511. The van der Waals surface area contributed by atoms with Gasteiger partial charge in [0.1, 0.15) is 11.6 Å². The summed E-state index contributed by atoms with van der Waals surface area (Å²) < 4.78 is 26.1. The van der Waals surface area contributed by atoms with Crippen molar-refractivity contribution < 1.29 is 8.78 Å². The summed E-state index contributed by atoms with van der Waals surface area (Å²) in [6.45, 7) is 6.03. The van der Waals surface area contributed by atoms with Crippen LogP contribution in [-0.4, -0.2) is 6.54 Å². The largest absolute Gasteiger partial charge is 0.381 e. The fourth-order valence-electron chi connectivity index (χ4n) is 0.911. The maximum Gasteiger partial charge on any atom is 0.141 e. The van der Waals surface area contributed by atoms with Crippen LogP contribution in [0.25, 0.3) is 0 Å². The second-order valence-electron chi connectivity index (χ2n) is 3.06. The lowest BCUT2D eigenvalue weighted by atomic mass is 10.2. The third kappa shape index (κ3) is 2.94. The lowest BCUT2D eigenvalue weighted by Crippen LogP contribution is -2.03. The molecule has 1 aromatic rings. The number of hydrogen-bond donors (Lipinski definition) is 1. The van der Waals surface area contributed by atoms with Crippen LogP contribution in [0.1, 0.15) is 6.92 Å². The van der Waals surface area contributed by atoms with Crippen LogP contribution in [0.3, 0.4) is 0 Å². The van der Waals surface area contributed by atoms with E-state index >= 15 is 0 Å². The highest BCUT2D eigenvalue weighted by atomic mass is 127. The van der Waals surface area contributed by atoms with Crippen molar-refractivity contribution in [2.24, 2.45) is 0 Å². The molecule has 0 radical (unpaired) electrons. The fraction of sp³-hybridized carbons (Fsp3) is 0.200. The van der Waals surface area contributed by atoms with Crippen molar-refractivity contribution in [1.82, 2.24) is 0 Å². The molecule has 0 aliphatic carbocycles. The summed E-state index contributed by atoms with van der Waals surface area (Å²) in [7, 11) is 0. The Morgan fingerprint density at radius 3 is 2.36 bits per heavy atom. The first kappa shape index (κ1) is 11.4. The first-order valence-corrected chi connectivity index (χ1v) is 5.11. The Morgan fingerprint density at radius 2 is 1.93 bits per heavy atom. The molecule has 0 unspecified atom stereocenters. The van der Waals surface area contributed by atoms with E-state index in [1.165, 1.54) is 12.1 Å². The average molecular weight is 309 g/mol. The molecule has 0 bridgehead atoms. The molecule has 0 saturated heterocycles. The van der Waals surface area contributed by atoms with Crippen LogP contribution < -0.4 is 5.32 Å². The minimum atomic E-state index is -0.546. The molecule has 0 saturated carbocycles. The zero-order chi connectivity index (χ0) is 10.7. The summed E-state index contributed by atoms with van der Waals surface area (Å²) in [5.74, 6) is -1.09. The monoisotopic (exact) mass is 309 g/mol. The number of benzene rings is 1. The summed E-state index contributed by atoms with van der Waals surface area (Å²) in [4.78, 5) is 0. The number of anilines is 1. The van der Waals surface area contributed by atoms with E-state index in [0.29, 0.717) is 12.2 Å². The van der Waals surface area contributed by atoms with E-state index < -0.39 is 11.6 Å². The maximum absolute atomic E-state index is 13.1. The molecule has 0 atom stereocenters. The van der Waals surface area contributed by atoms with Crippen molar-refractivity contribution in [2.75, 3.05) is 11.9 Å². The SMILES string of the molecule is C=C(C)CNc1cc(F)c(I)c(F)c1. The van der Waals surface area contributed by atoms with Crippen LogP contribution >= 0.6 is 22.6 Å². The van der Waals surface area contributed by atoms with Crippen molar-refractivity contribution in [1.29, 1.82) is 0 Å². The highest BCUT2D eigenvalue weighted by Gasteiger charge is 2.07. The number of nitrogens with one attached hydrogen (secondary N) is 1. The molecule has 4 heteroatoms. The van der Waals surface area contributed by atoms with E-state index in [1.54, 1.807) is 22.6 Å². The minimum Gasteiger partial charge on any atom is -0.381 e. The Labute approximate surface area is 95.3 Å². The van der Waals surface area contributed by atoms with Gasteiger partial charge in [-0.25, -0.2) is 8.78 Å². The van der Waals surface area contributed by atoms with E-state index in [1.807, 2.05) is 6.92 Å². The van der Waals surface area contributed by atoms with E-state index in [9.17, 15) is 8.78 Å². The second kappa shape index (κ2) is 4.72. The zero-order valence-corrected chi connectivity index (χ0v) is 9.86. The molecule has 0 aromatic heterocycles. The van der Waals surface area contributed by atoms with Crippen molar-refractivity contribution in [3.63, 3.8) is 0 Å². The molecule has 76 valence electrons. The van der Waals surface area contributed by atoms with Gasteiger partial charge < -0.3 is 5.32 Å². The Kier molecular flexibility index (Phi) is 3.86. The molecule has 14 heavy (non-hydrogen) atoms. The summed E-state index contributed by atoms with van der Waals surface area (Å²) in [5, 5.41) is 2.87. The van der Waals surface area contributed by atoms with Crippen LogP contribution in [-0.2, 0) is 0 Å². The smallest absolute Gasteiger partial charge is 0.141 e. The van der Waals surface area contributed by atoms with Crippen LogP contribution in [0.4, 0.5) is 14.5 Å².